The molecule has 1 aliphatic carbocycles. The van der Waals surface area contributed by atoms with Crippen LogP contribution in [0.2, 0.25) is 0 Å². The first-order valence-electron chi connectivity index (χ1n) is 8.59. The van der Waals surface area contributed by atoms with Crippen LogP contribution in [0.25, 0.3) is 0 Å². The third-order valence-corrected chi connectivity index (χ3v) is 5.00. The molecule has 3 rings (SSSR count). The molecule has 1 amide bonds. The number of pyridine rings is 1. The number of nitrogens with one attached hydrogen (secondary N) is 1. The Bertz CT molecular complexity index is 598. The van der Waals surface area contributed by atoms with E-state index < -0.39 is 11.7 Å². The van der Waals surface area contributed by atoms with E-state index in [9.17, 15) is 23.1 Å². The van der Waals surface area contributed by atoms with Gasteiger partial charge in [0.2, 0.25) is 5.91 Å². The van der Waals surface area contributed by atoms with Crippen LogP contribution < -0.4 is 10.2 Å². The molecular formula is C17H22F3N3O2. The van der Waals surface area contributed by atoms with Crippen molar-refractivity contribution in [3.05, 3.63) is 23.9 Å². The summed E-state index contributed by atoms with van der Waals surface area (Å²) in [7, 11) is 0. The van der Waals surface area contributed by atoms with Crippen molar-refractivity contribution in [2.75, 3.05) is 18.0 Å². The van der Waals surface area contributed by atoms with Gasteiger partial charge in [-0.2, -0.15) is 13.2 Å². The van der Waals surface area contributed by atoms with Crippen LogP contribution in [-0.2, 0) is 11.0 Å². The molecule has 2 aliphatic rings. The molecule has 0 aromatic carbocycles. The minimum atomic E-state index is -4.40. The Hall–Kier alpha value is -1.83. The molecule has 1 atom stereocenters. The number of amides is 1. The SMILES string of the molecule is O=C(NC1CCC(O)CC1)[C@@H]1CCN(c2ccc(C(F)(F)F)cn2)C1. The quantitative estimate of drug-likeness (QED) is 0.872. The topological polar surface area (TPSA) is 65.5 Å². The van der Waals surface area contributed by atoms with Crippen molar-refractivity contribution in [1.82, 2.24) is 10.3 Å². The Morgan fingerprint density at radius 2 is 1.92 bits per heavy atom. The molecule has 25 heavy (non-hydrogen) atoms. The molecule has 2 fully saturated rings. The Labute approximate surface area is 144 Å². The number of aliphatic hydroxyl groups is 1. The first kappa shape index (κ1) is 18.0. The molecule has 1 saturated heterocycles. The molecular weight excluding hydrogens is 335 g/mol. The van der Waals surface area contributed by atoms with Crippen LogP contribution in [-0.4, -0.2) is 41.2 Å². The largest absolute Gasteiger partial charge is 0.417 e. The number of rotatable bonds is 3. The summed E-state index contributed by atoms with van der Waals surface area (Å²) in [5.74, 6) is 0.260. The van der Waals surface area contributed by atoms with Crippen molar-refractivity contribution in [1.29, 1.82) is 0 Å². The molecule has 1 aromatic rings. The lowest BCUT2D eigenvalue weighted by molar-refractivity contribution is -0.137. The van der Waals surface area contributed by atoms with Crippen molar-refractivity contribution in [2.24, 2.45) is 5.92 Å². The molecule has 0 spiro atoms. The first-order valence-corrected chi connectivity index (χ1v) is 8.59. The second-order valence-corrected chi connectivity index (χ2v) is 6.85. The van der Waals surface area contributed by atoms with Crippen LogP contribution in [0, 0.1) is 5.92 Å². The molecule has 0 unspecified atom stereocenters. The number of nitrogens with zero attached hydrogens (tertiary/aromatic N) is 2. The van der Waals surface area contributed by atoms with Crippen LogP contribution in [0.3, 0.4) is 0 Å². The normalized spacial score (nSPS) is 27.4. The second kappa shape index (κ2) is 7.19. The number of halogens is 3. The van der Waals surface area contributed by atoms with Crippen molar-refractivity contribution < 1.29 is 23.1 Å². The highest BCUT2D eigenvalue weighted by Crippen LogP contribution is 2.30. The van der Waals surface area contributed by atoms with Gasteiger partial charge in [0.25, 0.3) is 0 Å². The van der Waals surface area contributed by atoms with Gasteiger partial charge >= 0.3 is 6.18 Å². The average Bonchev–Trinajstić information content (AvgIpc) is 3.06. The number of alkyl halides is 3. The summed E-state index contributed by atoms with van der Waals surface area (Å²) in [6.07, 6.45) is -0.199. The monoisotopic (exact) mass is 357 g/mol. The van der Waals surface area contributed by atoms with Crippen LogP contribution in [0.5, 0.6) is 0 Å². The van der Waals surface area contributed by atoms with E-state index in [2.05, 4.69) is 10.3 Å². The van der Waals surface area contributed by atoms with Crippen LogP contribution in [0.4, 0.5) is 19.0 Å². The maximum atomic E-state index is 12.6. The lowest BCUT2D eigenvalue weighted by Gasteiger charge is -2.27. The highest BCUT2D eigenvalue weighted by Gasteiger charge is 2.33. The van der Waals surface area contributed by atoms with Gasteiger partial charge in [-0.1, -0.05) is 0 Å². The van der Waals surface area contributed by atoms with Crippen LogP contribution >= 0.6 is 0 Å². The maximum absolute atomic E-state index is 12.6. The summed E-state index contributed by atoms with van der Waals surface area (Å²) >= 11 is 0. The molecule has 1 saturated carbocycles. The van der Waals surface area contributed by atoms with Crippen molar-refractivity contribution >= 4 is 11.7 Å². The highest BCUT2D eigenvalue weighted by atomic mass is 19.4. The Morgan fingerprint density at radius 3 is 2.52 bits per heavy atom. The molecule has 0 bridgehead atoms. The number of hydrogen-bond acceptors (Lipinski definition) is 4. The molecule has 8 heteroatoms. The predicted molar refractivity (Wildman–Crippen MR) is 86.0 cm³/mol. The van der Waals surface area contributed by atoms with Crippen molar-refractivity contribution in [2.45, 2.75) is 50.4 Å². The second-order valence-electron chi connectivity index (χ2n) is 6.85. The molecule has 5 nitrogen and oxygen atoms in total. The third-order valence-electron chi connectivity index (χ3n) is 5.00. The van der Waals surface area contributed by atoms with Crippen molar-refractivity contribution in [3.63, 3.8) is 0 Å². The molecule has 0 radical (unpaired) electrons. The van der Waals surface area contributed by atoms with Gasteiger partial charge in [0.1, 0.15) is 5.82 Å². The predicted octanol–water partition coefficient (Wildman–Crippen LogP) is 2.35. The van der Waals surface area contributed by atoms with E-state index in [1.807, 2.05) is 4.90 Å². The van der Waals surface area contributed by atoms with E-state index in [1.54, 1.807) is 0 Å². The number of aromatic nitrogens is 1. The lowest BCUT2D eigenvalue weighted by atomic mass is 9.92. The highest BCUT2D eigenvalue weighted by molar-refractivity contribution is 5.80. The van der Waals surface area contributed by atoms with E-state index >= 15 is 0 Å². The van der Waals surface area contributed by atoms with Gasteiger partial charge in [0, 0.05) is 25.3 Å². The summed E-state index contributed by atoms with van der Waals surface area (Å²) in [6.45, 7) is 1.05. The zero-order valence-electron chi connectivity index (χ0n) is 13.8. The van der Waals surface area contributed by atoms with E-state index in [-0.39, 0.29) is 24.0 Å². The Morgan fingerprint density at radius 1 is 1.20 bits per heavy atom. The number of anilines is 1. The fourth-order valence-corrected chi connectivity index (χ4v) is 3.46. The van der Waals surface area contributed by atoms with Crippen molar-refractivity contribution in [3.8, 4) is 0 Å². The Kier molecular flexibility index (Phi) is 5.17. The third kappa shape index (κ3) is 4.42. The molecule has 2 N–H and O–H groups in total. The zero-order chi connectivity index (χ0) is 18.0. The van der Waals surface area contributed by atoms with Gasteiger partial charge < -0.3 is 15.3 Å². The fraction of sp³-hybridized carbons (Fsp3) is 0.647. The maximum Gasteiger partial charge on any atom is 0.417 e. The van der Waals surface area contributed by atoms with Gasteiger partial charge in [-0.3, -0.25) is 4.79 Å². The summed E-state index contributed by atoms with van der Waals surface area (Å²) in [4.78, 5) is 18.1. The number of aliphatic hydroxyl groups excluding tert-OH is 1. The minimum absolute atomic E-state index is 0.0178. The van der Waals surface area contributed by atoms with E-state index in [4.69, 9.17) is 0 Å². The molecule has 1 aromatic heterocycles. The van der Waals surface area contributed by atoms with Gasteiger partial charge in [-0.05, 0) is 44.2 Å². The van der Waals surface area contributed by atoms with Gasteiger partial charge in [-0.15, -0.1) is 0 Å². The van der Waals surface area contributed by atoms with E-state index in [0.717, 1.165) is 25.1 Å². The smallest absolute Gasteiger partial charge is 0.393 e. The van der Waals surface area contributed by atoms with Gasteiger partial charge in [-0.25, -0.2) is 4.98 Å². The summed E-state index contributed by atoms with van der Waals surface area (Å²) in [5.41, 5.74) is -0.774. The Balaban J connectivity index is 1.53. The lowest BCUT2D eigenvalue weighted by Crippen LogP contribution is -2.42. The molecule has 1 aliphatic heterocycles. The zero-order valence-corrected chi connectivity index (χ0v) is 13.8. The van der Waals surface area contributed by atoms with Gasteiger partial charge in [0.15, 0.2) is 0 Å². The van der Waals surface area contributed by atoms with E-state index in [0.29, 0.717) is 38.2 Å². The van der Waals surface area contributed by atoms with Crippen LogP contribution in [0.1, 0.15) is 37.7 Å². The summed E-state index contributed by atoms with van der Waals surface area (Å²) < 4.78 is 37.8. The summed E-state index contributed by atoms with van der Waals surface area (Å²) in [6, 6.07) is 2.48. The average molecular weight is 357 g/mol. The van der Waals surface area contributed by atoms with Gasteiger partial charge in [0.05, 0.1) is 17.6 Å². The minimum Gasteiger partial charge on any atom is -0.393 e. The molecule has 2 heterocycles. The van der Waals surface area contributed by atoms with Crippen LogP contribution in [0.15, 0.2) is 18.3 Å². The number of hydrogen-bond donors (Lipinski definition) is 2. The fourth-order valence-electron chi connectivity index (χ4n) is 3.46. The molecule has 138 valence electrons. The summed E-state index contributed by atoms with van der Waals surface area (Å²) in [5, 5.41) is 12.5. The van der Waals surface area contributed by atoms with E-state index in [1.165, 1.54) is 6.07 Å². The number of carbonyl (C=O) groups is 1. The number of carbonyl (C=O) groups excluding carboxylic acids is 1. The first-order chi connectivity index (χ1) is 11.8. The standard InChI is InChI=1S/C17H22F3N3O2/c18-17(19,20)12-1-6-15(21-9-12)23-8-7-11(10-23)16(25)22-13-2-4-14(24)5-3-13/h1,6,9,11,13-14,24H,2-5,7-8,10H2,(H,22,25)/t11-,13?,14?/m1/s1.